The number of allylic oxidation sites excluding steroid dienone is 2. The quantitative estimate of drug-likeness (QED) is 0.329. The van der Waals surface area contributed by atoms with Crippen LogP contribution in [0, 0.1) is 23.7 Å². The summed E-state index contributed by atoms with van der Waals surface area (Å²) < 4.78 is 1.80. The summed E-state index contributed by atoms with van der Waals surface area (Å²) in [5, 5.41) is 10.9. The summed E-state index contributed by atoms with van der Waals surface area (Å²) in [6.07, 6.45) is 5.12. The first kappa shape index (κ1) is 19.7. The first-order valence-electron chi connectivity index (χ1n) is 10.4. The Hall–Kier alpha value is -2.97. The minimum atomic E-state index is -1.19. The number of anilines is 1. The predicted molar refractivity (Wildman–Crippen MR) is 120 cm³/mol. The fraction of sp³-hybridized carbons (Fsp3) is 0.250. The zero-order valence-corrected chi connectivity index (χ0v) is 18.4. The molecule has 2 aromatic carbocycles. The molecule has 32 heavy (non-hydrogen) atoms. The molecular formula is C24H17N2O4S2-. The van der Waals surface area contributed by atoms with E-state index in [0.29, 0.717) is 11.4 Å². The average molecular weight is 462 g/mol. The van der Waals surface area contributed by atoms with Gasteiger partial charge in [-0.2, -0.15) is 0 Å². The summed E-state index contributed by atoms with van der Waals surface area (Å²) in [5.41, 5.74) is 2.60. The number of carbonyl (C=O) groups is 3. The van der Waals surface area contributed by atoms with E-state index < -0.39 is 5.97 Å². The van der Waals surface area contributed by atoms with Crippen LogP contribution in [0.1, 0.15) is 22.3 Å². The normalized spacial score (nSPS) is 25.8. The molecule has 1 aromatic heterocycles. The Labute approximate surface area is 191 Å². The van der Waals surface area contributed by atoms with E-state index in [9.17, 15) is 19.5 Å². The number of fused-ring (bicyclic) bond motifs is 6. The van der Waals surface area contributed by atoms with Crippen LogP contribution in [0.4, 0.5) is 5.69 Å². The molecule has 8 heteroatoms. The molecule has 2 fully saturated rings. The topological polar surface area (TPSA) is 90.4 Å². The van der Waals surface area contributed by atoms with E-state index in [1.54, 1.807) is 30.0 Å². The number of rotatable bonds is 5. The number of carbonyl (C=O) groups excluding carboxylic acids is 3. The largest absolute Gasteiger partial charge is 0.545 e. The van der Waals surface area contributed by atoms with E-state index in [2.05, 4.69) is 17.1 Å². The van der Waals surface area contributed by atoms with Crippen LogP contribution in [0.2, 0.25) is 0 Å². The number of imide groups is 1. The number of benzene rings is 2. The molecule has 2 amide bonds. The summed E-state index contributed by atoms with van der Waals surface area (Å²) in [6.45, 7) is 0. The van der Waals surface area contributed by atoms with Gasteiger partial charge in [-0.25, -0.2) is 9.88 Å². The molecule has 1 saturated heterocycles. The van der Waals surface area contributed by atoms with Gasteiger partial charge in [-0.15, -0.1) is 11.3 Å². The molecule has 4 atom stereocenters. The molecule has 1 saturated carbocycles. The third-order valence-corrected chi connectivity index (χ3v) is 8.87. The van der Waals surface area contributed by atoms with Crippen LogP contribution in [0.25, 0.3) is 10.2 Å². The molecule has 160 valence electrons. The number of thioether (sulfide) groups is 1. The highest BCUT2D eigenvalue weighted by Crippen LogP contribution is 2.53. The van der Waals surface area contributed by atoms with Crippen molar-refractivity contribution in [1.82, 2.24) is 4.98 Å². The van der Waals surface area contributed by atoms with Crippen LogP contribution in [-0.2, 0) is 15.3 Å². The fourth-order valence-electron chi connectivity index (χ4n) is 5.13. The third-order valence-electron chi connectivity index (χ3n) is 6.63. The van der Waals surface area contributed by atoms with Crippen molar-refractivity contribution in [2.24, 2.45) is 23.7 Å². The lowest BCUT2D eigenvalue weighted by Gasteiger charge is -2.17. The van der Waals surface area contributed by atoms with E-state index in [1.807, 2.05) is 12.1 Å². The van der Waals surface area contributed by atoms with Gasteiger partial charge in [-0.05, 0) is 47.6 Å². The molecule has 2 aliphatic carbocycles. The second-order valence-corrected chi connectivity index (χ2v) is 10.7. The molecular weight excluding hydrogens is 444 g/mol. The predicted octanol–water partition coefficient (Wildman–Crippen LogP) is 3.26. The molecule has 3 aliphatic rings. The standard InChI is InChI=1S/C24H18N2O4S2/c27-21-19-14-5-6-15(9-14)20(19)22(28)26(21)16-7-8-17-18(10-16)32-24(25-17)31-11-12-1-3-13(4-2-12)23(29)30/h1-8,10,14-15,19-20H,9,11H2,(H,29,30)/p-1/t14-,15-,19+,20+/m1/s1. The second kappa shape index (κ2) is 7.28. The average Bonchev–Trinajstić information content (AvgIpc) is 3.55. The van der Waals surface area contributed by atoms with Gasteiger partial charge in [0.2, 0.25) is 11.8 Å². The van der Waals surface area contributed by atoms with Crippen molar-refractivity contribution in [2.75, 3.05) is 4.90 Å². The monoisotopic (exact) mass is 461 g/mol. The molecule has 6 nitrogen and oxygen atoms in total. The number of aromatic carboxylic acids is 1. The summed E-state index contributed by atoms with van der Waals surface area (Å²) >= 11 is 3.08. The van der Waals surface area contributed by atoms with Gasteiger partial charge in [0.1, 0.15) is 0 Å². The van der Waals surface area contributed by atoms with Crippen LogP contribution in [0.5, 0.6) is 0 Å². The smallest absolute Gasteiger partial charge is 0.238 e. The first-order chi connectivity index (χ1) is 15.5. The van der Waals surface area contributed by atoms with Gasteiger partial charge >= 0.3 is 0 Å². The number of aromatic nitrogens is 1. The van der Waals surface area contributed by atoms with Crippen LogP contribution in [0.3, 0.4) is 0 Å². The number of nitrogens with zero attached hydrogens (tertiary/aromatic N) is 2. The van der Waals surface area contributed by atoms with Gasteiger partial charge in [0.05, 0.1) is 33.7 Å². The number of carboxylic acid groups (broad SMARTS) is 1. The highest BCUT2D eigenvalue weighted by atomic mass is 32.2. The van der Waals surface area contributed by atoms with Gasteiger partial charge in [-0.3, -0.25) is 9.59 Å². The van der Waals surface area contributed by atoms with Crippen molar-refractivity contribution < 1.29 is 19.5 Å². The highest BCUT2D eigenvalue weighted by molar-refractivity contribution is 8.00. The number of carboxylic acids is 1. The maximum Gasteiger partial charge on any atom is 0.238 e. The first-order valence-corrected chi connectivity index (χ1v) is 12.2. The molecule has 2 bridgehead atoms. The van der Waals surface area contributed by atoms with Gasteiger partial charge in [0, 0.05) is 5.75 Å². The molecule has 0 unspecified atom stereocenters. The maximum atomic E-state index is 13.1. The highest BCUT2D eigenvalue weighted by Gasteiger charge is 2.59. The van der Waals surface area contributed by atoms with Gasteiger partial charge in [0.15, 0.2) is 4.34 Å². The maximum absolute atomic E-state index is 13.1. The molecule has 0 radical (unpaired) electrons. The van der Waals surface area contributed by atoms with E-state index >= 15 is 0 Å². The summed E-state index contributed by atoms with van der Waals surface area (Å²) in [6, 6.07) is 12.2. The Morgan fingerprint density at radius 2 is 1.75 bits per heavy atom. The van der Waals surface area contributed by atoms with Crippen molar-refractivity contribution in [3.05, 3.63) is 65.7 Å². The van der Waals surface area contributed by atoms with Crippen LogP contribution in [-0.4, -0.2) is 22.8 Å². The summed E-state index contributed by atoms with van der Waals surface area (Å²) in [5.74, 6) is -0.695. The molecule has 0 spiro atoms. The third kappa shape index (κ3) is 3.01. The van der Waals surface area contributed by atoms with Crippen LogP contribution >= 0.6 is 23.1 Å². The number of hydrogen-bond acceptors (Lipinski definition) is 7. The Bertz CT molecular complexity index is 1280. The molecule has 2 heterocycles. The summed E-state index contributed by atoms with van der Waals surface area (Å²) in [7, 11) is 0. The summed E-state index contributed by atoms with van der Waals surface area (Å²) in [4.78, 5) is 43.0. The Balaban J connectivity index is 1.21. The lowest BCUT2D eigenvalue weighted by Crippen LogP contribution is -2.32. The van der Waals surface area contributed by atoms with Gasteiger partial charge in [0.25, 0.3) is 0 Å². The van der Waals surface area contributed by atoms with Crippen LogP contribution < -0.4 is 10.0 Å². The van der Waals surface area contributed by atoms with Crippen molar-refractivity contribution in [1.29, 1.82) is 0 Å². The zero-order valence-electron chi connectivity index (χ0n) is 16.8. The zero-order chi connectivity index (χ0) is 22.0. The number of hydrogen-bond donors (Lipinski definition) is 0. The molecule has 6 rings (SSSR count). The molecule has 0 N–H and O–H groups in total. The molecule has 1 aliphatic heterocycles. The Morgan fingerprint density at radius 1 is 1.06 bits per heavy atom. The van der Waals surface area contributed by atoms with Crippen molar-refractivity contribution in [2.45, 2.75) is 16.5 Å². The number of thiazole rings is 1. The minimum absolute atomic E-state index is 0.0738. The fourth-order valence-corrected chi connectivity index (χ4v) is 7.19. The van der Waals surface area contributed by atoms with Crippen LogP contribution in [0.15, 0.2) is 59.0 Å². The van der Waals surface area contributed by atoms with Crippen molar-refractivity contribution in [3.63, 3.8) is 0 Å². The Morgan fingerprint density at radius 3 is 2.41 bits per heavy atom. The van der Waals surface area contributed by atoms with Gasteiger partial charge in [-0.1, -0.05) is 48.2 Å². The van der Waals surface area contributed by atoms with E-state index in [0.717, 1.165) is 26.5 Å². The lowest BCUT2D eigenvalue weighted by molar-refractivity contribution is -0.255. The van der Waals surface area contributed by atoms with E-state index in [-0.39, 0.29) is 41.0 Å². The number of amides is 2. The molecule has 3 aromatic rings. The minimum Gasteiger partial charge on any atom is -0.545 e. The van der Waals surface area contributed by atoms with E-state index in [1.165, 1.54) is 28.4 Å². The SMILES string of the molecule is O=C([O-])c1ccc(CSc2nc3ccc(N4C(=O)[C@@H]5[C@@H](C4=O)[C@@H]4C=C[C@@H]5C4)cc3s2)cc1. The van der Waals surface area contributed by atoms with Crippen molar-refractivity contribution >= 4 is 56.8 Å². The lowest BCUT2D eigenvalue weighted by atomic mass is 9.85. The Kier molecular flexibility index (Phi) is 4.48. The van der Waals surface area contributed by atoms with Gasteiger partial charge < -0.3 is 9.90 Å². The van der Waals surface area contributed by atoms with E-state index in [4.69, 9.17) is 0 Å². The second-order valence-electron chi connectivity index (χ2n) is 8.42. The van der Waals surface area contributed by atoms with Crippen molar-refractivity contribution in [3.8, 4) is 0 Å².